The zero-order chi connectivity index (χ0) is 18.7. The van der Waals surface area contributed by atoms with E-state index in [1.54, 1.807) is 17.1 Å². The summed E-state index contributed by atoms with van der Waals surface area (Å²) in [4.78, 5) is 23.2. The van der Waals surface area contributed by atoms with Crippen LogP contribution in [0.3, 0.4) is 0 Å². The number of carboxylic acids is 1. The zero-order valence-electron chi connectivity index (χ0n) is 13.8. The second-order valence-corrected chi connectivity index (χ2v) is 6.65. The maximum absolute atomic E-state index is 12.3. The van der Waals surface area contributed by atoms with Gasteiger partial charge in [-0.25, -0.2) is 4.79 Å². The Hall–Kier alpha value is -2.94. The number of aromatic nitrogens is 4. The molecule has 1 atom stereocenters. The molecule has 1 amide bonds. The summed E-state index contributed by atoms with van der Waals surface area (Å²) >= 11 is 3.39. The molecule has 0 aliphatic rings. The third-order valence-electron chi connectivity index (χ3n) is 3.77. The fraction of sp³-hybridized carbons (Fsp3) is 0.176. The van der Waals surface area contributed by atoms with Crippen LogP contribution in [0.5, 0.6) is 0 Å². The van der Waals surface area contributed by atoms with Gasteiger partial charge in [0.2, 0.25) is 0 Å². The molecule has 0 saturated carbocycles. The number of aliphatic carboxylic acids is 1. The molecule has 0 aliphatic heterocycles. The lowest BCUT2D eigenvalue weighted by atomic mass is 10.2. The highest BCUT2D eigenvalue weighted by Gasteiger charge is 2.17. The van der Waals surface area contributed by atoms with Gasteiger partial charge in [0.1, 0.15) is 6.04 Å². The standard InChI is InChI=1S/C17H16BrN5O3/c1-11(17(25)26)23-9-13(6-20-23)16(24)21-15-7-19-22(10-15)8-12-2-4-14(18)5-3-12/h2-7,9-11H,8H2,1H3,(H,21,24)(H,25,26). The van der Waals surface area contributed by atoms with Gasteiger partial charge in [-0.3, -0.25) is 14.2 Å². The highest BCUT2D eigenvalue weighted by Crippen LogP contribution is 2.14. The summed E-state index contributed by atoms with van der Waals surface area (Å²) in [6.07, 6.45) is 6.02. The second kappa shape index (κ2) is 7.52. The van der Waals surface area contributed by atoms with Crippen LogP contribution < -0.4 is 5.32 Å². The van der Waals surface area contributed by atoms with Crippen LogP contribution in [0.25, 0.3) is 0 Å². The van der Waals surface area contributed by atoms with Crippen molar-refractivity contribution in [3.05, 3.63) is 64.7 Å². The van der Waals surface area contributed by atoms with Crippen LogP contribution in [-0.4, -0.2) is 36.5 Å². The molecule has 1 unspecified atom stereocenters. The van der Waals surface area contributed by atoms with Gasteiger partial charge in [0.15, 0.2) is 0 Å². The quantitative estimate of drug-likeness (QED) is 0.641. The van der Waals surface area contributed by atoms with Crippen molar-refractivity contribution in [2.24, 2.45) is 0 Å². The highest BCUT2D eigenvalue weighted by atomic mass is 79.9. The lowest BCUT2D eigenvalue weighted by Gasteiger charge is -2.05. The maximum Gasteiger partial charge on any atom is 0.328 e. The van der Waals surface area contributed by atoms with Crippen LogP contribution in [0.2, 0.25) is 0 Å². The fourth-order valence-corrected chi connectivity index (χ4v) is 2.54. The summed E-state index contributed by atoms with van der Waals surface area (Å²) in [5.41, 5.74) is 1.91. The van der Waals surface area contributed by atoms with E-state index in [2.05, 4.69) is 31.4 Å². The number of nitrogens with zero attached hydrogens (tertiary/aromatic N) is 4. The third kappa shape index (κ3) is 4.17. The molecule has 2 N–H and O–H groups in total. The Balaban J connectivity index is 1.64. The lowest BCUT2D eigenvalue weighted by molar-refractivity contribution is -0.140. The largest absolute Gasteiger partial charge is 0.480 e. The predicted octanol–water partition coefficient (Wildman–Crippen LogP) is 2.79. The smallest absolute Gasteiger partial charge is 0.328 e. The Bertz CT molecular complexity index is 932. The number of hydrogen-bond acceptors (Lipinski definition) is 4. The average Bonchev–Trinajstić information content (AvgIpc) is 3.26. The summed E-state index contributed by atoms with van der Waals surface area (Å²) < 4.78 is 3.95. The Labute approximate surface area is 157 Å². The van der Waals surface area contributed by atoms with Crippen LogP contribution >= 0.6 is 15.9 Å². The van der Waals surface area contributed by atoms with Gasteiger partial charge in [-0.2, -0.15) is 10.2 Å². The molecule has 8 nitrogen and oxygen atoms in total. The van der Waals surface area contributed by atoms with E-state index in [9.17, 15) is 9.59 Å². The van der Waals surface area contributed by atoms with Crippen LogP contribution in [0.4, 0.5) is 5.69 Å². The molecule has 0 radical (unpaired) electrons. The van der Waals surface area contributed by atoms with Crippen molar-refractivity contribution in [1.29, 1.82) is 0 Å². The summed E-state index contributed by atoms with van der Waals surface area (Å²) in [7, 11) is 0. The molecular weight excluding hydrogens is 402 g/mol. The highest BCUT2D eigenvalue weighted by molar-refractivity contribution is 9.10. The fourth-order valence-electron chi connectivity index (χ4n) is 2.27. The van der Waals surface area contributed by atoms with Gasteiger partial charge >= 0.3 is 5.97 Å². The Kier molecular flexibility index (Phi) is 5.17. The summed E-state index contributed by atoms with van der Waals surface area (Å²) in [5.74, 6) is -1.40. The molecule has 0 aliphatic carbocycles. The lowest BCUT2D eigenvalue weighted by Crippen LogP contribution is -2.16. The van der Waals surface area contributed by atoms with E-state index in [1.807, 2.05) is 24.3 Å². The van der Waals surface area contributed by atoms with Crippen LogP contribution in [0.15, 0.2) is 53.5 Å². The van der Waals surface area contributed by atoms with Crippen LogP contribution in [-0.2, 0) is 11.3 Å². The average molecular weight is 418 g/mol. The first kappa shape index (κ1) is 17.9. The first-order valence-electron chi connectivity index (χ1n) is 7.77. The number of anilines is 1. The minimum absolute atomic E-state index is 0.277. The van der Waals surface area contributed by atoms with Gasteiger partial charge in [-0.1, -0.05) is 28.1 Å². The number of amides is 1. The van der Waals surface area contributed by atoms with E-state index in [-0.39, 0.29) is 11.5 Å². The number of benzene rings is 1. The third-order valence-corrected chi connectivity index (χ3v) is 4.30. The van der Waals surface area contributed by atoms with Gasteiger partial charge in [-0.15, -0.1) is 0 Å². The molecule has 26 heavy (non-hydrogen) atoms. The van der Waals surface area contributed by atoms with Crippen molar-refractivity contribution in [3.8, 4) is 0 Å². The molecule has 134 valence electrons. The number of nitrogens with one attached hydrogen (secondary N) is 1. The molecule has 0 bridgehead atoms. The molecule has 3 rings (SSSR count). The van der Waals surface area contributed by atoms with Crippen molar-refractivity contribution >= 4 is 33.5 Å². The normalized spacial score (nSPS) is 11.9. The first-order valence-corrected chi connectivity index (χ1v) is 8.57. The van der Waals surface area contributed by atoms with Crippen molar-refractivity contribution in [2.45, 2.75) is 19.5 Å². The van der Waals surface area contributed by atoms with E-state index in [0.717, 1.165) is 10.0 Å². The maximum atomic E-state index is 12.3. The van der Waals surface area contributed by atoms with E-state index in [4.69, 9.17) is 5.11 Å². The molecule has 2 heterocycles. The van der Waals surface area contributed by atoms with Gasteiger partial charge in [0.25, 0.3) is 5.91 Å². The van der Waals surface area contributed by atoms with Gasteiger partial charge in [0.05, 0.1) is 30.2 Å². The molecule has 3 aromatic rings. The summed E-state index contributed by atoms with van der Waals surface area (Å²) in [5, 5.41) is 19.9. The van der Waals surface area contributed by atoms with Gasteiger partial charge < -0.3 is 10.4 Å². The SMILES string of the molecule is CC(C(=O)O)n1cc(C(=O)Nc2cnn(Cc3ccc(Br)cc3)c2)cn1. The Morgan fingerprint density at radius 3 is 2.62 bits per heavy atom. The number of halogens is 1. The number of hydrogen-bond donors (Lipinski definition) is 2. The van der Waals surface area contributed by atoms with Crippen LogP contribution in [0, 0.1) is 0 Å². The monoisotopic (exact) mass is 417 g/mol. The second-order valence-electron chi connectivity index (χ2n) is 5.73. The van der Waals surface area contributed by atoms with E-state index >= 15 is 0 Å². The number of rotatable bonds is 6. The van der Waals surface area contributed by atoms with Crippen molar-refractivity contribution in [2.75, 3.05) is 5.32 Å². The van der Waals surface area contributed by atoms with Gasteiger partial charge in [-0.05, 0) is 24.6 Å². The molecular formula is C17H16BrN5O3. The Morgan fingerprint density at radius 1 is 1.19 bits per heavy atom. The minimum atomic E-state index is -1.02. The number of carboxylic acid groups (broad SMARTS) is 1. The summed E-state index contributed by atoms with van der Waals surface area (Å²) in [6, 6.07) is 7.05. The van der Waals surface area contributed by atoms with Gasteiger partial charge in [0, 0.05) is 16.9 Å². The first-order chi connectivity index (χ1) is 12.4. The van der Waals surface area contributed by atoms with Crippen molar-refractivity contribution in [3.63, 3.8) is 0 Å². The molecule has 9 heteroatoms. The molecule has 0 saturated heterocycles. The van der Waals surface area contributed by atoms with Crippen molar-refractivity contribution < 1.29 is 14.7 Å². The molecule has 0 spiro atoms. The topological polar surface area (TPSA) is 102 Å². The van der Waals surface area contributed by atoms with E-state index < -0.39 is 12.0 Å². The molecule has 1 aromatic carbocycles. The van der Waals surface area contributed by atoms with E-state index in [1.165, 1.54) is 24.0 Å². The van der Waals surface area contributed by atoms with E-state index in [0.29, 0.717) is 12.2 Å². The Morgan fingerprint density at radius 2 is 1.92 bits per heavy atom. The number of carbonyl (C=O) groups excluding carboxylic acids is 1. The summed E-state index contributed by atoms with van der Waals surface area (Å²) in [6.45, 7) is 2.07. The molecule has 0 fully saturated rings. The van der Waals surface area contributed by atoms with Crippen molar-refractivity contribution in [1.82, 2.24) is 19.6 Å². The predicted molar refractivity (Wildman–Crippen MR) is 98.0 cm³/mol. The van der Waals surface area contributed by atoms with Crippen LogP contribution in [0.1, 0.15) is 28.9 Å². The minimum Gasteiger partial charge on any atom is -0.480 e. The zero-order valence-corrected chi connectivity index (χ0v) is 15.4. The molecule has 2 aromatic heterocycles. The number of carbonyl (C=O) groups is 2.